The highest BCUT2D eigenvalue weighted by atomic mass is 32.1. The molecule has 1 aliphatic rings. The van der Waals surface area contributed by atoms with Crippen molar-refractivity contribution in [3.63, 3.8) is 0 Å². The number of benzene rings is 1. The van der Waals surface area contributed by atoms with Gasteiger partial charge < -0.3 is 4.98 Å². The molecule has 0 fully saturated rings. The zero-order valence-corrected chi connectivity index (χ0v) is 15.8. The highest BCUT2D eigenvalue weighted by molar-refractivity contribution is 7.15. The number of carbonyl (C=O) groups is 1. The number of H-pyrrole nitrogens is 1. The molecule has 3 heterocycles. The minimum absolute atomic E-state index is 0.0815. The van der Waals surface area contributed by atoms with Crippen LogP contribution in [0, 0.1) is 0 Å². The fourth-order valence-corrected chi connectivity index (χ4v) is 4.22. The zero-order chi connectivity index (χ0) is 18.8. The van der Waals surface area contributed by atoms with Crippen molar-refractivity contribution in [2.24, 2.45) is 0 Å². The number of pyridine rings is 1. The van der Waals surface area contributed by atoms with Gasteiger partial charge in [-0.05, 0) is 24.2 Å². The van der Waals surface area contributed by atoms with Crippen LogP contribution in [0.4, 0.5) is 5.13 Å². The van der Waals surface area contributed by atoms with Gasteiger partial charge in [0.25, 0.3) is 11.5 Å². The smallest absolute Gasteiger partial charge is 0.263 e. The van der Waals surface area contributed by atoms with Gasteiger partial charge in [-0.15, -0.1) is 11.3 Å². The van der Waals surface area contributed by atoms with Gasteiger partial charge in [0.05, 0.1) is 5.69 Å². The molecular weight excluding hydrogens is 360 g/mol. The molecule has 138 valence electrons. The Bertz CT molecular complexity index is 1030. The van der Waals surface area contributed by atoms with Gasteiger partial charge in [-0.1, -0.05) is 37.3 Å². The maximum atomic E-state index is 12.5. The summed E-state index contributed by atoms with van der Waals surface area (Å²) >= 11 is 1.49. The number of thiazole rings is 1. The van der Waals surface area contributed by atoms with E-state index in [1.165, 1.54) is 16.2 Å². The lowest BCUT2D eigenvalue weighted by atomic mass is 10.1. The predicted octanol–water partition coefficient (Wildman–Crippen LogP) is 3.13. The Morgan fingerprint density at radius 3 is 2.81 bits per heavy atom. The van der Waals surface area contributed by atoms with Crippen LogP contribution in [-0.2, 0) is 13.0 Å². The summed E-state index contributed by atoms with van der Waals surface area (Å²) < 4.78 is 0. The van der Waals surface area contributed by atoms with Crippen molar-refractivity contribution in [1.82, 2.24) is 14.9 Å². The molecule has 2 aromatic heterocycles. The van der Waals surface area contributed by atoms with Crippen molar-refractivity contribution < 1.29 is 4.79 Å². The lowest BCUT2D eigenvalue weighted by Gasteiger charge is -2.23. The summed E-state index contributed by atoms with van der Waals surface area (Å²) in [7, 11) is 0. The number of nitrogens with one attached hydrogen (secondary N) is 2. The van der Waals surface area contributed by atoms with Crippen molar-refractivity contribution in [1.29, 1.82) is 0 Å². The fourth-order valence-electron chi connectivity index (χ4n) is 3.17. The van der Waals surface area contributed by atoms with Crippen molar-refractivity contribution in [3.05, 3.63) is 69.0 Å². The van der Waals surface area contributed by atoms with Gasteiger partial charge in [0.15, 0.2) is 5.13 Å². The van der Waals surface area contributed by atoms with Gasteiger partial charge in [-0.3, -0.25) is 19.8 Å². The number of aromatic nitrogens is 2. The highest BCUT2D eigenvalue weighted by Gasteiger charge is 2.21. The summed E-state index contributed by atoms with van der Waals surface area (Å²) in [5, 5.41) is 3.33. The van der Waals surface area contributed by atoms with Gasteiger partial charge >= 0.3 is 0 Å². The second-order valence-corrected chi connectivity index (χ2v) is 7.53. The van der Waals surface area contributed by atoms with Gasteiger partial charge in [-0.25, -0.2) is 4.98 Å². The van der Waals surface area contributed by atoms with Crippen LogP contribution in [0.3, 0.4) is 0 Å². The number of hydrogen-bond acceptors (Lipinski definition) is 5. The Morgan fingerprint density at radius 1 is 1.26 bits per heavy atom. The molecule has 1 aromatic carbocycles. The summed E-state index contributed by atoms with van der Waals surface area (Å²) in [5.41, 5.74) is 2.30. The number of nitrogens with zero attached hydrogens (tertiary/aromatic N) is 2. The Kier molecular flexibility index (Phi) is 4.87. The fraction of sp³-hybridized carbons (Fsp3) is 0.250. The Labute approximate surface area is 160 Å². The number of anilines is 1. The van der Waals surface area contributed by atoms with Crippen molar-refractivity contribution in [2.45, 2.75) is 19.9 Å². The van der Waals surface area contributed by atoms with Crippen LogP contribution < -0.4 is 10.9 Å². The van der Waals surface area contributed by atoms with E-state index in [0.717, 1.165) is 37.3 Å². The number of carbonyl (C=O) groups excluding carboxylic acids is 1. The molecule has 0 unspecified atom stereocenters. The van der Waals surface area contributed by atoms with Gasteiger partial charge in [0, 0.05) is 30.1 Å². The van der Waals surface area contributed by atoms with Crippen LogP contribution in [-0.4, -0.2) is 33.9 Å². The van der Waals surface area contributed by atoms with Crippen LogP contribution in [0.1, 0.15) is 27.9 Å². The largest absolute Gasteiger partial charge is 0.321 e. The molecule has 3 aromatic rings. The SMILES string of the molecule is CCN1CCc2nc(NC(=O)c3ccc(-c4ccccc4)[nH]c3=O)sc2C1. The molecule has 0 saturated carbocycles. The Morgan fingerprint density at radius 2 is 2.07 bits per heavy atom. The summed E-state index contributed by atoms with van der Waals surface area (Å²) in [6.45, 7) is 5.00. The normalized spacial score (nSPS) is 14.0. The molecule has 0 aliphatic carbocycles. The van der Waals surface area contributed by atoms with Crippen LogP contribution in [0.25, 0.3) is 11.3 Å². The highest BCUT2D eigenvalue weighted by Crippen LogP contribution is 2.28. The van der Waals surface area contributed by atoms with Gasteiger partial charge in [-0.2, -0.15) is 0 Å². The molecule has 0 saturated heterocycles. The van der Waals surface area contributed by atoms with E-state index < -0.39 is 11.5 Å². The van der Waals surface area contributed by atoms with Crippen LogP contribution in [0.15, 0.2) is 47.3 Å². The van der Waals surface area contributed by atoms with Crippen molar-refractivity contribution in [2.75, 3.05) is 18.4 Å². The van der Waals surface area contributed by atoms with Crippen LogP contribution in [0.2, 0.25) is 0 Å². The van der Waals surface area contributed by atoms with E-state index in [-0.39, 0.29) is 5.56 Å². The third-order valence-corrected chi connectivity index (χ3v) is 5.71. The first-order valence-electron chi connectivity index (χ1n) is 8.95. The molecule has 27 heavy (non-hydrogen) atoms. The molecule has 4 rings (SSSR count). The molecule has 0 bridgehead atoms. The van der Waals surface area contributed by atoms with E-state index in [2.05, 4.69) is 27.1 Å². The zero-order valence-electron chi connectivity index (χ0n) is 15.0. The Balaban J connectivity index is 1.52. The van der Waals surface area contributed by atoms with Crippen LogP contribution in [0.5, 0.6) is 0 Å². The number of hydrogen-bond donors (Lipinski definition) is 2. The van der Waals surface area contributed by atoms with Crippen molar-refractivity contribution >= 4 is 22.4 Å². The first-order valence-corrected chi connectivity index (χ1v) is 9.76. The second kappa shape index (κ2) is 7.46. The second-order valence-electron chi connectivity index (χ2n) is 6.44. The number of amides is 1. The molecule has 0 spiro atoms. The molecular formula is C20H20N4O2S. The van der Waals surface area contributed by atoms with E-state index in [0.29, 0.717) is 10.8 Å². The Hall–Kier alpha value is -2.77. The van der Waals surface area contributed by atoms with E-state index >= 15 is 0 Å². The third kappa shape index (κ3) is 3.70. The first-order chi connectivity index (χ1) is 13.1. The maximum Gasteiger partial charge on any atom is 0.263 e. The molecule has 0 radical (unpaired) electrons. The van der Waals surface area contributed by atoms with Crippen LogP contribution >= 0.6 is 11.3 Å². The van der Waals surface area contributed by atoms with E-state index in [4.69, 9.17) is 0 Å². The van der Waals surface area contributed by atoms with Gasteiger partial charge in [0.1, 0.15) is 5.56 Å². The molecule has 6 nitrogen and oxygen atoms in total. The molecule has 1 aliphatic heterocycles. The lowest BCUT2D eigenvalue weighted by molar-refractivity contribution is 0.102. The number of fused-ring (bicyclic) bond motifs is 1. The quantitative estimate of drug-likeness (QED) is 0.729. The first kappa shape index (κ1) is 17.6. The van der Waals surface area contributed by atoms with E-state index in [9.17, 15) is 9.59 Å². The molecule has 0 atom stereocenters. The summed E-state index contributed by atoms with van der Waals surface area (Å²) in [6.07, 6.45) is 0.891. The number of aromatic amines is 1. The monoisotopic (exact) mass is 380 g/mol. The van der Waals surface area contributed by atoms with E-state index in [1.54, 1.807) is 12.1 Å². The predicted molar refractivity (Wildman–Crippen MR) is 107 cm³/mol. The van der Waals surface area contributed by atoms with E-state index in [1.807, 2.05) is 30.3 Å². The third-order valence-electron chi connectivity index (χ3n) is 4.72. The number of likely N-dealkylation sites (N-methyl/N-ethyl adjacent to an activating group) is 1. The van der Waals surface area contributed by atoms with Gasteiger partial charge in [0.2, 0.25) is 0 Å². The standard InChI is InChI=1S/C20H20N4O2S/c1-2-24-11-10-16-17(12-24)27-20(22-16)23-19(26)14-8-9-15(21-18(14)25)13-6-4-3-5-7-13/h3-9H,2,10-12H2,1H3,(H,21,25)(H,22,23,26). The average molecular weight is 380 g/mol. The molecule has 1 amide bonds. The summed E-state index contributed by atoms with van der Waals surface area (Å²) in [4.78, 5) is 35.8. The maximum absolute atomic E-state index is 12.5. The molecule has 7 heteroatoms. The summed E-state index contributed by atoms with van der Waals surface area (Å²) in [6, 6.07) is 12.8. The number of rotatable bonds is 4. The minimum atomic E-state index is -0.436. The summed E-state index contributed by atoms with van der Waals surface area (Å²) in [5.74, 6) is -0.436. The minimum Gasteiger partial charge on any atom is -0.321 e. The average Bonchev–Trinajstić information content (AvgIpc) is 3.09. The van der Waals surface area contributed by atoms with Crippen molar-refractivity contribution in [3.8, 4) is 11.3 Å². The lowest BCUT2D eigenvalue weighted by Crippen LogP contribution is -2.29. The topological polar surface area (TPSA) is 78.1 Å². The molecule has 2 N–H and O–H groups in total.